The lowest BCUT2D eigenvalue weighted by Crippen LogP contribution is -1.77. The number of rotatable bonds is 2. The highest BCUT2D eigenvalue weighted by Crippen LogP contribution is 2.15. The minimum Gasteiger partial charge on any atom is -0.508 e. The molecule has 1 N–H and O–H groups in total. The summed E-state index contributed by atoms with van der Waals surface area (Å²) in [6.07, 6.45) is 3.44. The Labute approximate surface area is 85.4 Å². The Morgan fingerprint density at radius 1 is 1.29 bits per heavy atom. The molecule has 3 nitrogen and oxygen atoms in total. The molecule has 0 spiro atoms. The molecule has 0 saturated carbocycles. The first kappa shape index (κ1) is 8.90. The first-order chi connectivity index (χ1) is 6.84. The minimum absolute atomic E-state index is 0.261. The van der Waals surface area contributed by atoms with Gasteiger partial charge in [-0.1, -0.05) is 0 Å². The van der Waals surface area contributed by atoms with E-state index >= 15 is 0 Å². The summed E-state index contributed by atoms with van der Waals surface area (Å²) >= 11 is 1.49. The minimum atomic E-state index is 0.261. The van der Waals surface area contributed by atoms with Gasteiger partial charge in [0.25, 0.3) is 0 Å². The van der Waals surface area contributed by atoms with Crippen molar-refractivity contribution >= 4 is 22.7 Å². The van der Waals surface area contributed by atoms with Crippen LogP contribution in [0, 0.1) is 0 Å². The van der Waals surface area contributed by atoms with Crippen LogP contribution in [0.3, 0.4) is 0 Å². The van der Waals surface area contributed by atoms with E-state index in [0.717, 1.165) is 10.7 Å². The third-order valence-corrected chi connectivity index (χ3v) is 2.32. The Morgan fingerprint density at radius 3 is 2.71 bits per heavy atom. The summed E-state index contributed by atoms with van der Waals surface area (Å²) in [7, 11) is 0. The standard InChI is InChI=1S/C10H8N2OS/c13-9-3-1-8(2-4-9)7-12-10-11-5-6-14-10/h1-7,13H/b12-7+. The van der Waals surface area contributed by atoms with Crippen molar-refractivity contribution in [3.63, 3.8) is 0 Å². The molecule has 70 valence electrons. The van der Waals surface area contributed by atoms with E-state index in [1.807, 2.05) is 5.38 Å². The first-order valence-corrected chi connectivity index (χ1v) is 4.95. The molecule has 0 aliphatic carbocycles. The van der Waals surface area contributed by atoms with Gasteiger partial charge in [0.15, 0.2) is 0 Å². The van der Waals surface area contributed by atoms with Gasteiger partial charge in [0.1, 0.15) is 5.75 Å². The van der Waals surface area contributed by atoms with Crippen LogP contribution in [0.25, 0.3) is 0 Å². The van der Waals surface area contributed by atoms with Gasteiger partial charge in [-0.2, -0.15) is 0 Å². The fraction of sp³-hybridized carbons (Fsp3) is 0. The molecule has 0 aliphatic rings. The van der Waals surface area contributed by atoms with Crippen molar-refractivity contribution in [2.75, 3.05) is 0 Å². The number of phenolic OH excluding ortho intramolecular Hbond substituents is 1. The van der Waals surface area contributed by atoms with Crippen molar-refractivity contribution < 1.29 is 5.11 Å². The van der Waals surface area contributed by atoms with Crippen LogP contribution in [0.1, 0.15) is 5.56 Å². The number of benzene rings is 1. The predicted octanol–water partition coefficient (Wildman–Crippen LogP) is 2.60. The van der Waals surface area contributed by atoms with Gasteiger partial charge in [-0.3, -0.25) is 0 Å². The zero-order chi connectivity index (χ0) is 9.80. The second-order valence-electron chi connectivity index (χ2n) is 2.66. The van der Waals surface area contributed by atoms with Crippen LogP contribution in [-0.4, -0.2) is 16.3 Å². The molecule has 2 rings (SSSR count). The van der Waals surface area contributed by atoms with Crippen LogP contribution in [0.2, 0.25) is 0 Å². The lowest BCUT2D eigenvalue weighted by atomic mass is 10.2. The fourth-order valence-corrected chi connectivity index (χ4v) is 1.45. The maximum Gasteiger partial charge on any atom is 0.208 e. The first-order valence-electron chi connectivity index (χ1n) is 4.07. The van der Waals surface area contributed by atoms with Crippen LogP contribution in [-0.2, 0) is 0 Å². The number of hydrogen-bond donors (Lipinski definition) is 1. The van der Waals surface area contributed by atoms with Gasteiger partial charge in [0.05, 0.1) is 0 Å². The number of nitrogens with zero attached hydrogens (tertiary/aromatic N) is 2. The third-order valence-electron chi connectivity index (χ3n) is 1.64. The zero-order valence-corrected chi connectivity index (χ0v) is 8.11. The van der Waals surface area contributed by atoms with E-state index in [2.05, 4.69) is 9.98 Å². The molecule has 0 atom stereocenters. The molecule has 0 aliphatic heterocycles. The normalized spacial score (nSPS) is 10.9. The Kier molecular flexibility index (Phi) is 2.55. The Bertz CT molecular complexity index is 420. The van der Waals surface area contributed by atoms with E-state index in [9.17, 15) is 0 Å². The molecule has 0 radical (unpaired) electrons. The number of aliphatic imine (C=N–C) groups is 1. The Balaban J connectivity index is 2.15. The molecule has 0 saturated heterocycles. The summed E-state index contributed by atoms with van der Waals surface area (Å²) in [5.74, 6) is 0.261. The molecule has 14 heavy (non-hydrogen) atoms. The highest BCUT2D eigenvalue weighted by Gasteiger charge is 1.90. The van der Waals surface area contributed by atoms with E-state index in [1.54, 1.807) is 36.7 Å². The van der Waals surface area contributed by atoms with Crippen LogP contribution < -0.4 is 0 Å². The SMILES string of the molecule is Oc1ccc(/C=N/c2nccs2)cc1. The molecule has 0 fully saturated rings. The zero-order valence-electron chi connectivity index (χ0n) is 7.29. The highest BCUT2D eigenvalue weighted by atomic mass is 32.1. The molecular formula is C10H8N2OS. The van der Waals surface area contributed by atoms with Gasteiger partial charge in [-0.05, 0) is 29.8 Å². The van der Waals surface area contributed by atoms with Crippen molar-refractivity contribution in [3.8, 4) is 5.75 Å². The van der Waals surface area contributed by atoms with Gasteiger partial charge in [-0.25, -0.2) is 9.98 Å². The quantitative estimate of drug-likeness (QED) is 0.764. The van der Waals surface area contributed by atoms with Crippen molar-refractivity contribution in [1.82, 2.24) is 4.98 Å². The highest BCUT2D eigenvalue weighted by molar-refractivity contribution is 7.13. The van der Waals surface area contributed by atoms with E-state index in [-0.39, 0.29) is 5.75 Å². The summed E-state index contributed by atoms with van der Waals surface area (Å²) < 4.78 is 0. The van der Waals surface area contributed by atoms with Crippen LogP contribution in [0.5, 0.6) is 5.75 Å². The van der Waals surface area contributed by atoms with Gasteiger partial charge in [-0.15, -0.1) is 11.3 Å². The molecule has 1 heterocycles. The smallest absolute Gasteiger partial charge is 0.208 e. The second-order valence-corrected chi connectivity index (χ2v) is 3.54. The molecule has 0 unspecified atom stereocenters. The van der Waals surface area contributed by atoms with E-state index in [4.69, 9.17) is 5.11 Å². The van der Waals surface area contributed by atoms with Crippen molar-refractivity contribution in [2.24, 2.45) is 4.99 Å². The van der Waals surface area contributed by atoms with E-state index in [0.29, 0.717) is 0 Å². The van der Waals surface area contributed by atoms with Crippen molar-refractivity contribution in [3.05, 3.63) is 41.4 Å². The molecule has 4 heteroatoms. The van der Waals surface area contributed by atoms with Crippen LogP contribution in [0.4, 0.5) is 5.13 Å². The van der Waals surface area contributed by atoms with Gasteiger partial charge < -0.3 is 5.11 Å². The van der Waals surface area contributed by atoms with Crippen molar-refractivity contribution in [2.45, 2.75) is 0 Å². The lowest BCUT2D eigenvalue weighted by molar-refractivity contribution is 0.475. The summed E-state index contributed by atoms with van der Waals surface area (Å²) in [6.45, 7) is 0. The average molecular weight is 204 g/mol. The maximum atomic E-state index is 9.05. The number of phenols is 1. The fourth-order valence-electron chi connectivity index (χ4n) is 0.970. The molecule has 0 amide bonds. The number of aromatic hydroxyl groups is 1. The second kappa shape index (κ2) is 4.02. The molecule has 0 bridgehead atoms. The number of hydrogen-bond acceptors (Lipinski definition) is 4. The summed E-state index contributed by atoms with van der Waals surface area (Å²) in [5, 5.41) is 11.7. The van der Waals surface area contributed by atoms with Gasteiger partial charge >= 0.3 is 0 Å². The largest absolute Gasteiger partial charge is 0.508 e. The summed E-state index contributed by atoms with van der Waals surface area (Å²) in [5.41, 5.74) is 0.943. The lowest BCUT2D eigenvalue weighted by Gasteiger charge is -1.92. The average Bonchev–Trinajstić information content (AvgIpc) is 2.70. The van der Waals surface area contributed by atoms with Crippen molar-refractivity contribution in [1.29, 1.82) is 0 Å². The molecule has 1 aromatic heterocycles. The number of thiazole rings is 1. The van der Waals surface area contributed by atoms with Gasteiger partial charge in [0.2, 0.25) is 5.13 Å². The van der Waals surface area contributed by atoms with Crippen LogP contribution >= 0.6 is 11.3 Å². The molecule has 1 aromatic carbocycles. The number of aromatic nitrogens is 1. The van der Waals surface area contributed by atoms with Gasteiger partial charge in [0, 0.05) is 17.8 Å². The summed E-state index contributed by atoms with van der Waals surface area (Å²) in [6, 6.07) is 6.85. The van der Waals surface area contributed by atoms with Crippen LogP contribution in [0.15, 0.2) is 40.8 Å². The maximum absolute atomic E-state index is 9.05. The molecule has 2 aromatic rings. The monoisotopic (exact) mass is 204 g/mol. The summed E-state index contributed by atoms with van der Waals surface area (Å²) in [4.78, 5) is 8.19. The topological polar surface area (TPSA) is 45.5 Å². The third kappa shape index (κ3) is 2.17. The van der Waals surface area contributed by atoms with E-state index in [1.165, 1.54) is 11.3 Å². The Morgan fingerprint density at radius 2 is 2.07 bits per heavy atom. The van der Waals surface area contributed by atoms with E-state index < -0.39 is 0 Å². The predicted molar refractivity (Wildman–Crippen MR) is 57.5 cm³/mol. The molecular weight excluding hydrogens is 196 g/mol. The Hall–Kier alpha value is -1.68.